The lowest BCUT2D eigenvalue weighted by molar-refractivity contribution is -0.121. The number of rotatable bonds is 7. The van der Waals surface area contributed by atoms with Crippen LogP contribution in [-0.4, -0.2) is 22.6 Å². The fourth-order valence-electron chi connectivity index (χ4n) is 3.31. The smallest absolute Gasteiger partial charge is 0.264 e. The number of amides is 1. The van der Waals surface area contributed by atoms with Gasteiger partial charge in [0.05, 0.1) is 0 Å². The minimum Gasteiger partial charge on any atom is -0.484 e. The van der Waals surface area contributed by atoms with Crippen LogP contribution in [-0.2, 0) is 11.2 Å². The fraction of sp³-hybridized carbons (Fsp3) is 0.192. The third-order valence-electron chi connectivity index (χ3n) is 5.13. The van der Waals surface area contributed by atoms with E-state index in [2.05, 4.69) is 41.6 Å². The number of fused-ring (bicyclic) bond motifs is 1. The van der Waals surface area contributed by atoms with E-state index < -0.39 is 0 Å². The highest BCUT2D eigenvalue weighted by Crippen LogP contribution is 2.23. The van der Waals surface area contributed by atoms with Gasteiger partial charge in [0.1, 0.15) is 11.3 Å². The van der Waals surface area contributed by atoms with E-state index >= 15 is 0 Å². The molecule has 1 amide bonds. The van der Waals surface area contributed by atoms with E-state index in [0.29, 0.717) is 29.0 Å². The molecule has 0 bridgehead atoms. The molecule has 0 aliphatic rings. The molecule has 0 unspecified atom stereocenters. The van der Waals surface area contributed by atoms with Crippen molar-refractivity contribution in [1.29, 1.82) is 0 Å². The minimum atomic E-state index is -0.361. The van der Waals surface area contributed by atoms with Crippen LogP contribution in [0, 0.1) is 0 Å². The predicted octanol–water partition coefficient (Wildman–Crippen LogP) is 6.09. The summed E-state index contributed by atoms with van der Waals surface area (Å²) >= 11 is 11.1. The SMILES string of the molecule is CC(C)c1ccc2oc(Cc3ccc(NC(=S)NC(=O)COc4ccc(Cl)cc4)cc3)nc2c1. The first-order valence-corrected chi connectivity index (χ1v) is 11.6. The number of anilines is 1. The molecule has 0 spiro atoms. The number of nitrogens with one attached hydrogen (secondary N) is 2. The Morgan fingerprint density at radius 3 is 2.53 bits per heavy atom. The van der Waals surface area contributed by atoms with Gasteiger partial charge in [0.2, 0.25) is 0 Å². The maximum Gasteiger partial charge on any atom is 0.264 e. The maximum absolute atomic E-state index is 12.1. The summed E-state index contributed by atoms with van der Waals surface area (Å²) in [4.78, 5) is 16.7. The molecule has 174 valence electrons. The summed E-state index contributed by atoms with van der Waals surface area (Å²) in [5.41, 5.74) is 4.71. The first-order valence-electron chi connectivity index (χ1n) is 10.8. The first-order chi connectivity index (χ1) is 16.4. The molecule has 0 aliphatic carbocycles. The number of carbonyl (C=O) groups excluding carboxylic acids is 1. The Bertz CT molecular complexity index is 1300. The zero-order valence-electron chi connectivity index (χ0n) is 18.8. The van der Waals surface area contributed by atoms with Gasteiger partial charge in [0.15, 0.2) is 23.2 Å². The average Bonchev–Trinajstić information content (AvgIpc) is 3.21. The number of nitrogens with zero attached hydrogens (tertiary/aromatic N) is 1. The van der Waals surface area contributed by atoms with Crippen molar-refractivity contribution in [2.24, 2.45) is 0 Å². The summed E-state index contributed by atoms with van der Waals surface area (Å²) in [6.45, 7) is 4.15. The van der Waals surface area contributed by atoms with E-state index in [4.69, 9.17) is 33.0 Å². The van der Waals surface area contributed by atoms with E-state index in [-0.39, 0.29) is 17.6 Å². The Kier molecular flexibility index (Phi) is 7.45. The van der Waals surface area contributed by atoms with E-state index in [1.165, 1.54) is 5.56 Å². The highest BCUT2D eigenvalue weighted by atomic mass is 35.5. The standard InChI is InChI=1S/C26H24ClN3O3S/c1-16(2)18-5-12-23-22(14-18)29-25(33-23)13-17-3-8-20(9-4-17)28-26(34)30-24(31)15-32-21-10-6-19(27)7-11-21/h3-12,14,16H,13,15H2,1-2H3,(H2,28,30,31,34). The normalized spacial score (nSPS) is 10.9. The summed E-state index contributed by atoms with van der Waals surface area (Å²) in [6, 6.07) is 20.6. The Morgan fingerprint density at radius 1 is 1.09 bits per heavy atom. The topological polar surface area (TPSA) is 76.4 Å². The molecule has 8 heteroatoms. The van der Waals surface area contributed by atoms with E-state index in [1.807, 2.05) is 30.3 Å². The second-order valence-corrected chi connectivity index (χ2v) is 8.95. The molecule has 1 aromatic heterocycles. The summed E-state index contributed by atoms with van der Waals surface area (Å²) in [7, 11) is 0. The van der Waals surface area contributed by atoms with Crippen LogP contribution in [0.3, 0.4) is 0 Å². The van der Waals surface area contributed by atoms with Crippen molar-refractivity contribution >= 4 is 51.6 Å². The lowest BCUT2D eigenvalue weighted by Gasteiger charge is -2.11. The Morgan fingerprint density at radius 2 is 1.82 bits per heavy atom. The number of halogens is 1. The summed E-state index contributed by atoms with van der Waals surface area (Å²) in [5.74, 6) is 1.30. The predicted molar refractivity (Wildman–Crippen MR) is 139 cm³/mol. The van der Waals surface area contributed by atoms with Crippen molar-refractivity contribution in [3.8, 4) is 5.75 Å². The lowest BCUT2D eigenvalue weighted by atomic mass is 10.0. The fourth-order valence-corrected chi connectivity index (χ4v) is 3.67. The minimum absolute atomic E-state index is 0.161. The first kappa shape index (κ1) is 23.7. The Hall–Kier alpha value is -3.42. The largest absolute Gasteiger partial charge is 0.484 e. The van der Waals surface area contributed by atoms with E-state index in [1.54, 1.807) is 24.3 Å². The molecule has 0 saturated heterocycles. The lowest BCUT2D eigenvalue weighted by Crippen LogP contribution is -2.37. The molecule has 2 N–H and O–H groups in total. The molecule has 34 heavy (non-hydrogen) atoms. The monoisotopic (exact) mass is 493 g/mol. The van der Waals surface area contributed by atoms with Crippen molar-refractivity contribution in [1.82, 2.24) is 10.3 Å². The van der Waals surface area contributed by atoms with Gasteiger partial charge in [-0.3, -0.25) is 10.1 Å². The molecule has 6 nitrogen and oxygen atoms in total. The van der Waals surface area contributed by atoms with Crippen molar-refractivity contribution in [3.05, 3.63) is 88.8 Å². The second-order valence-electron chi connectivity index (χ2n) is 8.11. The van der Waals surface area contributed by atoms with E-state index in [0.717, 1.165) is 22.4 Å². The summed E-state index contributed by atoms with van der Waals surface area (Å²) < 4.78 is 11.3. The van der Waals surface area contributed by atoms with Crippen molar-refractivity contribution < 1.29 is 13.9 Å². The molecule has 0 fully saturated rings. The molecule has 0 aliphatic heterocycles. The number of oxazole rings is 1. The van der Waals surface area contributed by atoms with Gasteiger partial charge in [-0.1, -0.05) is 43.6 Å². The van der Waals surface area contributed by atoms with Gasteiger partial charge >= 0.3 is 0 Å². The quantitative estimate of drug-likeness (QED) is 0.303. The number of hydrogen-bond donors (Lipinski definition) is 2. The highest BCUT2D eigenvalue weighted by molar-refractivity contribution is 7.80. The van der Waals surface area contributed by atoms with Crippen LogP contribution in [0.15, 0.2) is 71.1 Å². The molecular formula is C26H24ClN3O3S. The molecule has 0 radical (unpaired) electrons. The van der Waals surface area contributed by atoms with Crippen LogP contribution < -0.4 is 15.4 Å². The van der Waals surface area contributed by atoms with Gasteiger partial charge in [-0.05, 0) is 77.8 Å². The second kappa shape index (κ2) is 10.7. The number of thiocarbonyl (C=S) groups is 1. The number of benzene rings is 3. The average molecular weight is 494 g/mol. The van der Waals surface area contributed by atoms with Gasteiger partial charge in [-0.2, -0.15) is 0 Å². The molecule has 0 atom stereocenters. The third-order valence-corrected chi connectivity index (χ3v) is 5.58. The van der Waals surface area contributed by atoms with Crippen molar-refractivity contribution in [3.63, 3.8) is 0 Å². The molecule has 4 aromatic rings. The van der Waals surface area contributed by atoms with Crippen molar-refractivity contribution in [2.75, 3.05) is 11.9 Å². The zero-order valence-corrected chi connectivity index (χ0v) is 20.4. The molecule has 4 rings (SSSR count). The number of hydrogen-bond acceptors (Lipinski definition) is 5. The van der Waals surface area contributed by atoms with Crippen molar-refractivity contribution in [2.45, 2.75) is 26.2 Å². The van der Waals surface area contributed by atoms with Crippen LogP contribution in [0.2, 0.25) is 5.02 Å². The van der Waals surface area contributed by atoms with Gasteiger partial charge < -0.3 is 14.5 Å². The third kappa shape index (κ3) is 6.34. The van der Waals surface area contributed by atoms with Crippen LogP contribution in [0.25, 0.3) is 11.1 Å². The van der Waals surface area contributed by atoms with E-state index in [9.17, 15) is 4.79 Å². The summed E-state index contributed by atoms with van der Waals surface area (Å²) in [6.07, 6.45) is 0.579. The van der Waals surface area contributed by atoms with Gasteiger partial charge in [0.25, 0.3) is 5.91 Å². The van der Waals surface area contributed by atoms with Crippen LogP contribution >= 0.6 is 23.8 Å². The molecule has 0 saturated carbocycles. The van der Waals surface area contributed by atoms with Crippen LogP contribution in [0.5, 0.6) is 5.75 Å². The van der Waals surface area contributed by atoms with Gasteiger partial charge in [0, 0.05) is 17.1 Å². The highest BCUT2D eigenvalue weighted by Gasteiger charge is 2.10. The zero-order chi connectivity index (χ0) is 24.1. The number of ether oxygens (including phenoxy) is 1. The molecule has 1 heterocycles. The Labute approximate surface area is 208 Å². The van der Waals surface area contributed by atoms with Crippen LogP contribution in [0.1, 0.15) is 36.8 Å². The summed E-state index contributed by atoms with van der Waals surface area (Å²) in [5, 5.41) is 6.38. The van der Waals surface area contributed by atoms with Gasteiger partial charge in [-0.15, -0.1) is 0 Å². The molecular weight excluding hydrogens is 470 g/mol. The van der Waals surface area contributed by atoms with Gasteiger partial charge in [-0.25, -0.2) is 4.98 Å². The molecule has 3 aromatic carbocycles. The maximum atomic E-state index is 12.1. The number of aromatic nitrogens is 1. The van der Waals surface area contributed by atoms with Crippen LogP contribution in [0.4, 0.5) is 5.69 Å². The Balaban J connectivity index is 1.28. The number of carbonyl (C=O) groups is 1.